The van der Waals surface area contributed by atoms with Gasteiger partial charge in [0.05, 0.1) is 5.02 Å². The standard InChI is InChI=1S/C19H12Cl2FN2O.ClH/c20-14-2-4-18-17(9-14)23-19(25-18)12-5-7-24(8-6-12)11-13-1-3-15(22)10-16(13)21;/h1-10H,11H2;1H/q+1;/p-1. The average Bonchev–Trinajstić information content (AvgIpc) is 3.01. The van der Waals surface area contributed by atoms with Gasteiger partial charge < -0.3 is 16.8 Å². The summed E-state index contributed by atoms with van der Waals surface area (Å²) in [6, 6.07) is 13.5. The Balaban J connectivity index is 0.00000196. The third-order valence-electron chi connectivity index (χ3n) is 3.86. The Morgan fingerprint density at radius 1 is 1.00 bits per heavy atom. The maximum Gasteiger partial charge on any atom is 0.227 e. The molecule has 26 heavy (non-hydrogen) atoms. The lowest BCUT2D eigenvalue weighted by Crippen LogP contribution is -3.00. The minimum atomic E-state index is -0.342. The maximum atomic E-state index is 13.1. The lowest BCUT2D eigenvalue weighted by Gasteiger charge is -2.01. The molecule has 2 aromatic carbocycles. The van der Waals surface area contributed by atoms with E-state index in [1.807, 2.05) is 29.1 Å². The number of aromatic nitrogens is 2. The van der Waals surface area contributed by atoms with Crippen LogP contribution in [0.4, 0.5) is 4.39 Å². The molecule has 132 valence electrons. The summed E-state index contributed by atoms with van der Waals surface area (Å²) in [6.07, 6.45) is 3.80. The van der Waals surface area contributed by atoms with Crippen molar-refractivity contribution in [3.63, 3.8) is 0 Å². The number of hydrogen-bond donors (Lipinski definition) is 0. The fourth-order valence-electron chi connectivity index (χ4n) is 2.58. The van der Waals surface area contributed by atoms with E-state index in [1.165, 1.54) is 12.1 Å². The van der Waals surface area contributed by atoms with Crippen LogP contribution in [0.2, 0.25) is 10.0 Å². The molecule has 0 radical (unpaired) electrons. The zero-order valence-corrected chi connectivity index (χ0v) is 15.6. The van der Waals surface area contributed by atoms with E-state index in [0.717, 1.165) is 16.6 Å². The minimum absolute atomic E-state index is 0. The number of fused-ring (bicyclic) bond motifs is 1. The first-order chi connectivity index (χ1) is 12.1. The average molecular weight is 410 g/mol. The number of nitrogens with zero attached hydrogens (tertiary/aromatic N) is 2. The summed E-state index contributed by atoms with van der Waals surface area (Å²) in [7, 11) is 0. The van der Waals surface area contributed by atoms with Gasteiger partial charge in [-0.1, -0.05) is 23.2 Å². The zero-order chi connectivity index (χ0) is 17.4. The summed E-state index contributed by atoms with van der Waals surface area (Å²) in [5.74, 6) is 0.189. The molecule has 0 aliphatic carbocycles. The summed E-state index contributed by atoms with van der Waals surface area (Å²) in [5, 5.41) is 1.03. The molecule has 0 unspecified atom stereocenters. The van der Waals surface area contributed by atoms with Crippen molar-refractivity contribution >= 4 is 34.3 Å². The van der Waals surface area contributed by atoms with E-state index in [1.54, 1.807) is 24.3 Å². The van der Waals surface area contributed by atoms with E-state index in [9.17, 15) is 4.39 Å². The summed E-state index contributed by atoms with van der Waals surface area (Å²) < 4.78 is 20.8. The highest BCUT2D eigenvalue weighted by molar-refractivity contribution is 6.31. The van der Waals surface area contributed by atoms with E-state index >= 15 is 0 Å². The largest absolute Gasteiger partial charge is 1.00 e. The molecule has 0 aliphatic rings. The van der Waals surface area contributed by atoms with E-state index in [-0.39, 0.29) is 18.2 Å². The quantitative estimate of drug-likeness (QED) is 0.486. The Morgan fingerprint density at radius 3 is 2.50 bits per heavy atom. The molecule has 0 bridgehead atoms. The van der Waals surface area contributed by atoms with Gasteiger partial charge in [-0.05, 0) is 36.4 Å². The van der Waals surface area contributed by atoms with Crippen LogP contribution in [0.3, 0.4) is 0 Å². The van der Waals surface area contributed by atoms with Gasteiger partial charge in [0.2, 0.25) is 5.89 Å². The van der Waals surface area contributed by atoms with E-state index in [0.29, 0.717) is 28.1 Å². The SMILES string of the molecule is Fc1ccc(C[n+]2ccc(-c3nc4cc(Cl)ccc4o3)cc2)c(Cl)c1.[Cl-]. The molecule has 7 heteroatoms. The van der Waals surface area contributed by atoms with Crippen LogP contribution in [0.15, 0.2) is 65.3 Å². The smallest absolute Gasteiger partial charge is 0.227 e. The number of pyridine rings is 1. The third kappa shape index (κ3) is 3.83. The maximum absolute atomic E-state index is 13.1. The highest BCUT2D eigenvalue weighted by atomic mass is 35.5. The van der Waals surface area contributed by atoms with Gasteiger partial charge in [-0.25, -0.2) is 13.9 Å². The molecule has 4 rings (SSSR count). The normalized spacial score (nSPS) is 10.7. The second kappa shape index (κ2) is 7.62. The van der Waals surface area contributed by atoms with Crippen LogP contribution in [0, 0.1) is 5.82 Å². The van der Waals surface area contributed by atoms with Crippen LogP contribution in [-0.2, 0) is 6.54 Å². The highest BCUT2D eigenvalue weighted by Gasteiger charge is 2.12. The number of halogens is 4. The Labute approximate surface area is 165 Å². The zero-order valence-electron chi connectivity index (χ0n) is 13.3. The molecule has 3 nitrogen and oxygen atoms in total. The molecule has 0 amide bonds. The van der Waals surface area contributed by atoms with Gasteiger partial charge in [0.15, 0.2) is 24.5 Å². The highest BCUT2D eigenvalue weighted by Crippen LogP contribution is 2.25. The Kier molecular flexibility index (Phi) is 5.47. The minimum Gasteiger partial charge on any atom is -1.00 e. The van der Waals surface area contributed by atoms with Crippen molar-refractivity contribution in [2.45, 2.75) is 6.54 Å². The first-order valence-electron chi connectivity index (χ1n) is 7.58. The third-order valence-corrected chi connectivity index (χ3v) is 4.44. The molecule has 0 saturated heterocycles. The number of benzene rings is 2. The second-order valence-corrected chi connectivity index (χ2v) is 6.47. The van der Waals surface area contributed by atoms with Crippen molar-refractivity contribution in [1.82, 2.24) is 4.98 Å². The van der Waals surface area contributed by atoms with Crippen LogP contribution in [0.5, 0.6) is 0 Å². The number of rotatable bonds is 3. The van der Waals surface area contributed by atoms with Gasteiger partial charge in [0.25, 0.3) is 0 Å². The fraction of sp³-hybridized carbons (Fsp3) is 0.0526. The van der Waals surface area contributed by atoms with Gasteiger partial charge in [-0.3, -0.25) is 0 Å². The van der Waals surface area contributed by atoms with E-state index in [4.69, 9.17) is 27.6 Å². The van der Waals surface area contributed by atoms with Crippen LogP contribution < -0.4 is 17.0 Å². The van der Waals surface area contributed by atoms with Crippen LogP contribution in [0.1, 0.15) is 5.56 Å². The first-order valence-corrected chi connectivity index (χ1v) is 8.33. The van der Waals surface area contributed by atoms with Gasteiger partial charge in [0, 0.05) is 28.3 Å². The number of oxazole rings is 1. The monoisotopic (exact) mass is 408 g/mol. The van der Waals surface area contributed by atoms with Gasteiger partial charge in [0.1, 0.15) is 11.3 Å². The van der Waals surface area contributed by atoms with Crippen LogP contribution >= 0.6 is 23.2 Å². The van der Waals surface area contributed by atoms with E-state index in [2.05, 4.69) is 4.98 Å². The molecule has 0 N–H and O–H groups in total. The predicted molar refractivity (Wildman–Crippen MR) is 95.2 cm³/mol. The Hall–Kier alpha value is -2.14. The topological polar surface area (TPSA) is 29.9 Å². The molecule has 4 aromatic rings. The molecule has 2 heterocycles. The first kappa shape index (κ1) is 18.6. The molecule has 0 saturated carbocycles. The van der Waals surface area contributed by atoms with Crippen molar-refractivity contribution in [1.29, 1.82) is 0 Å². The van der Waals surface area contributed by atoms with Crippen molar-refractivity contribution in [2.75, 3.05) is 0 Å². The van der Waals surface area contributed by atoms with Gasteiger partial charge >= 0.3 is 0 Å². The van der Waals surface area contributed by atoms with Gasteiger partial charge in [-0.15, -0.1) is 0 Å². The van der Waals surface area contributed by atoms with Crippen molar-refractivity contribution in [3.8, 4) is 11.5 Å². The molecule has 0 spiro atoms. The Bertz CT molecular complexity index is 1060. The lowest BCUT2D eigenvalue weighted by molar-refractivity contribution is -0.688. The van der Waals surface area contributed by atoms with Crippen molar-refractivity contribution < 1.29 is 25.8 Å². The Morgan fingerprint density at radius 2 is 1.77 bits per heavy atom. The molecule has 0 aliphatic heterocycles. The van der Waals surface area contributed by atoms with Gasteiger partial charge in [-0.2, -0.15) is 0 Å². The number of hydrogen-bond acceptors (Lipinski definition) is 2. The predicted octanol–water partition coefficient (Wildman–Crippen LogP) is 2.28. The summed E-state index contributed by atoms with van der Waals surface area (Å²) in [6.45, 7) is 0.544. The summed E-state index contributed by atoms with van der Waals surface area (Å²) in [5.41, 5.74) is 3.11. The molecule has 0 atom stereocenters. The van der Waals surface area contributed by atoms with Crippen LogP contribution in [0.25, 0.3) is 22.6 Å². The van der Waals surface area contributed by atoms with Crippen molar-refractivity contribution in [2.24, 2.45) is 0 Å². The summed E-state index contributed by atoms with van der Waals surface area (Å²) >= 11 is 12.1. The fourth-order valence-corrected chi connectivity index (χ4v) is 2.97. The van der Waals surface area contributed by atoms with E-state index < -0.39 is 0 Å². The van der Waals surface area contributed by atoms with Crippen molar-refractivity contribution in [3.05, 3.63) is 82.4 Å². The van der Waals surface area contributed by atoms with Crippen LogP contribution in [-0.4, -0.2) is 4.98 Å². The molecular formula is C19H12Cl3FN2O. The second-order valence-electron chi connectivity index (χ2n) is 5.63. The summed E-state index contributed by atoms with van der Waals surface area (Å²) in [4.78, 5) is 4.46. The molecule has 0 fully saturated rings. The molecular weight excluding hydrogens is 398 g/mol. The molecule has 2 aromatic heterocycles. The lowest BCUT2D eigenvalue weighted by atomic mass is 10.2.